The zero-order chi connectivity index (χ0) is 36.5. The lowest BCUT2D eigenvalue weighted by Gasteiger charge is -2.22. The third kappa shape index (κ3) is 7.00. The first kappa shape index (κ1) is 34.2. The molecule has 4 aromatic heterocycles. The number of aromatic nitrogens is 9. The Balaban J connectivity index is 1.10. The van der Waals surface area contributed by atoms with Gasteiger partial charge in [0.05, 0.1) is 12.4 Å². The molecule has 2 aliphatic rings. The van der Waals surface area contributed by atoms with Gasteiger partial charge >= 0.3 is 6.03 Å². The van der Waals surface area contributed by atoms with Crippen LogP contribution in [0.5, 0.6) is 0 Å². The van der Waals surface area contributed by atoms with Crippen molar-refractivity contribution in [3.05, 3.63) is 95.8 Å². The lowest BCUT2D eigenvalue weighted by molar-refractivity contribution is 0.00473. The van der Waals surface area contributed by atoms with Crippen molar-refractivity contribution >= 4 is 34.8 Å². The van der Waals surface area contributed by atoms with Crippen molar-refractivity contribution in [3.8, 4) is 0 Å². The molecule has 5 N–H and O–H groups in total. The van der Waals surface area contributed by atoms with Gasteiger partial charge in [-0.1, -0.05) is 72.7 Å². The van der Waals surface area contributed by atoms with E-state index in [1.165, 1.54) is 4.80 Å². The molecule has 1 saturated carbocycles. The highest BCUT2D eigenvalue weighted by Gasteiger charge is 2.45. The first-order chi connectivity index (χ1) is 25.8. The second-order valence-corrected chi connectivity index (χ2v) is 13.5. The van der Waals surface area contributed by atoms with E-state index in [1.807, 2.05) is 52.8 Å². The Bertz CT molecular complexity index is 2130. The monoisotopic (exact) mass is 719 g/mol. The molecule has 1 aliphatic carbocycles. The number of amides is 2. The molecular formula is C36H41N13O4. The molecule has 6 aromatic rings. The molecular weight excluding hydrogens is 678 g/mol. The number of carbonyl (C=O) groups is 1. The highest BCUT2D eigenvalue weighted by Crippen LogP contribution is 2.40. The molecule has 5 atom stereocenters. The molecule has 17 heteroatoms. The normalized spacial score (nSPS) is 21.5. The van der Waals surface area contributed by atoms with Crippen LogP contribution in [0.1, 0.15) is 60.5 Å². The summed E-state index contributed by atoms with van der Waals surface area (Å²) in [6, 6.07) is 20.5. The van der Waals surface area contributed by atoms with E-state index >= 15 is 0 Å². The summed E-state index contributed by atoms with van der Waals surface area (Å²) in [5, 5.41) is 48.3. The van der Waals surface area contributed by atoms with Gasteiger partial charge in [-0.3, -0.25) is 5.32 Å². The van der Waals surface area contributed by atoms with Gasteiger partial charge in [0.2, 0.25) is 5.95 Å². The number of anilines is 3. The van der Waals surface area contributed by atoms with Crippen molar-refractivity contribution in [2.75, 3.05) is 35.2 Å². The highest BCUT2D eigenvalue weighted by molar-refractivity contribution is 5.88. The number of tetrazole rings is 1. The van der Waals surface area contributed by atoms with Crippen molar-refractivity contribution in [1.82, 2.24) is 50.2 Å². The summed E-state index contributed by atoms with van der Waals surface area (Å²) in [4.78, 5) is 30.9. The van der Waals surface area contributed by atoms with Crippen LogP contribution in [0.2, 0.25) is 0 Å². The van der Waals surface area contributed by atoms with E-state index in [9.17, 15) is 15.0 Å². The van der Waals surface area contributed by atoms with Crippen LogP contribution >= 0.6 is 0 Å². The van der Waals surface area contributed by atoms with Crippen LogP contribution in [0.3, 0.4) is 0 Å². The number of benzene rings is 2. The fourth-order valence-electron chi connectivity index (χ4n) is 7.26. The van der Waals surface area contributed by atoms with Crippen LogP contribution < -0.4 is 20.9 Å². The molecule has 53 heavy (non-hydrogen) atoms. The minimum Gasteiger partial charge on any atom is -0.388 e. The Morgan fingerprint density at radius 1 is 1.02 bits per heavy atom. The van der Waals surface area contributed by atoms with Gasteiger partial charge < -0.3 is 34.8 Å². The summed E-state index contributed by atoms with van der Waals surface area (Å²) in [6.07, 6.45) is 0.958. The number of nitrogens with one attached hydrogen (secondary N) is 3. The maximum absolute atomic E-state index is 12.8. The summed E-state index contributed by atoms with van der Waals surface area (Å²) in [5.74, 6) is 2.49. The first-order valence-electron chi connectivity index (χ1n) is 17.8. The number of aliphatic hydroxyl groups is 2. The Labute approximate surface area is 304 Å². The number of hydrogen-bond donors (Lipinski definition) is 5. The molecule has 0 bridgehead atoms. The Hall–Kier alpha value is -5.94. The first-order valence-corrected chi connectivity index (χ1v) is 17.8. The third-order valence-corrected chi connectivity index (χ3v) is 10.0. The molecule has 0 unspecified atom stereocenters. The Morgan fingerprint density at radius 3 is 2.43 bits per heavy atom. The Kier molecular flexibility index (Phi) is 9.40. The van der Waals surface area contributed by atoms with Gasteiger partial charge in [-0.2, -0.15) is 14.8 Å². The van der Waals surface area contributed by atoms with E-state index in [0.717, 1.165) is 11.1 Å². The van der Waals surface area contributed by atoms with E-state index in [1.54, 1.807) is 19.3 Å². The van der Waals surface area contributed by atoms with E-state index < -0.39 is 24.3 Å². The maximum Gasteiger partial charge on any atom is 0.320 e. The molecule has 2 amide bonds. The van der Waals surface area contributed by atoms with Crippen LogP contribution in [-0.4, -0.2) is 99.0 Å². The number of rotatable bonds is 11. The van der Waals surface area contributed by atoms with Gasteiger partial charge in [0.15, 0.2) is 28.6 Å². The number of aliphatic hydroxyl groups excluding tert-OH is 2. The van der Waals surface area contributed by atoms with Gasteiger partial charge in [0.25, 0.3) is 0 Å². The van der Waals surface area contributed by atoms with Crippen molar-refractivity contribution in [1.29, 1.82) is 0 Å². The molecule has 2 fully saturated rings. The molecule has 0 radical (unpaired) electrons. The number of imidazole rings is 1. The lowest BCUT2D eigenvalue weighted by atomic mass is 9.91. The van der Waals surface area contributed by atoms with Crippen LogP contribution in [-0.2, 0) is 6.42 Å². The van der Waals surface area contributed by atoms with Gasteiger partial charge in [-0.25, -0.2) is 9.78 Å². The van der Waals surface area contributed by atoms with Crippen molar-refractivity contribution in [2.24, 2.45) is 0 Å². The lowest BCUT2D eigenvalue weighted by Crippen LogP contribution is -2.40. The zero-order valence-electron chi connectivity index (χ0n) is 29.3. The zero-order valence-corrected chi connectivity index (χ0v) is 29.3. The van der Waals surface area contributed by atoms with E-state index in [4.69, 9.17) is 19.5 Å². The summed E-state index contributed by atoms with van der Waals surface area (Å²) in [6.45, 7) is 5.26. The van der Waals surface area contributed by atoms with Crippen LogP contribution in [0.4, 0.5) is 22.4 Å². The topological polar surface area (TPSA) is 210 Å². The quantitative estimate of drug-likeness (QED) is 0.130. The largest absolute Gasteiger partial charge is 0.388 e. The average Bonchev–Trinajstić information content (AvgIpc) is 4.03. The smallest absolute Gasteiger partial charge is 0.320 e. The molecule has 17 nitrogen and oxygen atoms in total. The van der Waals surface area contributed by atoms with Gasteiger partial charge in [-0.15, -0.1) is 10.2 Å². The van der Waals surface area contributed by atoms with Crippen molar-refractivity contribution in [2.45, 2.75) is 69.4 Å². The minimum atomic E-state index is -1.14. The molecule has 2 aromatic carbocycles. The van der Waals surface area contributed by atoms with Crippen molar-refractivity contribution in [3.63, 3.8) is 0 Å². The van der Waals surface area contributed by atoms with Gasteiger partial charge in [0, 0.05) is 44.1 Å². The predicted octanol–water partition coefficient (Wildman–Crippen LogP) is 3.22. The number of urea groups is 1. The van der Waals surface area contributed by atoms with Crippen LogP contribution in [0.15, 0.2) is 77.6 Å². The van der Waals surface area contributed by atoms with Crippen LogP contribution in [0.25, 0.3) is 11.2 Å². The fraction of sp³-hybridized carbons (Fsp3) is 0.389. The molecule has 1 saturated heterocycles. The number of carbonyl (C=O) groups excluding carboxylic acids is 1. The fourth-order valence-corrected chi connectivity index (χ4v) is 7.26. The number of hydrogen-bond acceptors (Lipinski definition) is 13. The second-order valence-electron chi connectivity index (χ2n) is 13.5. The summed E-state index contributed by atoms with van der Waals surface area (Å²) in [5.41, 5.74) is 3.33. The third-order valence-electron chi connectivity index (χ3n) is 10.0. The summed E-state index contributed by atoms with van der Waals surface area (Å²) >= 11 is 0. The Morgan fingerprint density at radius 2 is 1.75 bits per heavy atom. The number of aryl methyl sites for hydroxylation is 2. The molecule has 274 valence electrons. The van der Waals surface area contributed by atoms with E-state index in [-0.39, 0.29) is 18.0 Å². The summed E-state index contributed by atoms with van der Waals surface area (Å²) in [7, 11) is 0. The van der Waals surface area contributed by atoms with E-state index in [2.05, 4.69) is 60.8 Å². The molecule has 5 heterocycles. The van der Waals surface area contributed by atoms with Crippen LogP contribution in [0, 0.1) is 6.92 Å². The van der Waals surface area contributed by atoms with Gasteiger partial charge in [0.1, 0.15) is 24.0 Å². The highest BCUT2D eigenvalue weighted by atomic mass is 16.5. The summed E-state index contributed by atoms with van der Waals surface area (Å²) < 4.78 is 6.87. The maximum atomic E-state index is 12.8. The van der Waals surface area contributed by atoms with E-state index in [0.29, 0.717) is 79.2 Å². The molecule has 0 spiro atoms. The SMILES string of the molecule is CCc1nnn([C@H]2C[C@@H](n3cnc4c(NCC(c5ccccc5)c5ccccc5)nc(N5CC[C@@H](NC(=O)Nc6cc(C)on6)C5)nc43)[C@H](O)[C@@H]2O)n1. The van der Waals surface area contributed by atoms with Gasteiger partial charge in [-0.05, 0) is 36.1 Å². The predicted molar refractivity (Wildman–Crippen MR) is 194 cm³/mol. The standard InChI is InChI=1S/C36H41N13O4/c1-3-28-43-46-49(44-28)27-17-26(31(50)32(27)51)48-20-38-30-33(37-18-25(22-10-6-4-7-11-22)23-12-8-5-9-13-23)41-35(42-34(30)48)47-15-14-24(19-47)39-36(52)40-29-16-21(2)53-45-29/h4-13,16,20,24-27,31-32,50-51H,3,14-15,17-19H2,1-2H3,(H,37,41,42)(H2,39,40,45,52)/t24-,26-,27+,31+,32-/m1/s1. The molecule has 1 aliphatic heterocycles. The number of fused-ring (bicyclic) bond motifs is 1. The average molecular weight is 720 g/mol. The van der Waals surface area contributed by atoms with Crippen molar-refractivity contribution < 1.29 is 19.5 Å². The molecule has 8 rings (SSSR count). The minimum absolute atomic E-state index is 0.0103. The number of nitrogens with zero attached hydrogens (tertiary/aromatic N) is 10. The second kappa shape index (κ2) is 14.6.